The Morgan fingerprint density at radius 1 is 1.15 bits per heavy atom. The normalized spacial score (nSPS) is 16.5. The van der Waals surface area contributed by atoms with Gasteiger partial charge in [-0.25, -0.2) is 5.10 Å². The fourth-order valence-electron chi connectivity index (χ4n) is 3.89. The minimum absolute atomic E-state index is 0.0462. The first-order valence-electron chi connectivity index (χ1n) is 9.07. The summed E-state index contributed by atoms with van der Waals surface area (Å²) in [5.74, 6) is -0.120. The number of fused-ring (bicyclic) bond motifs is 2. The number of aromatic nitrogens is 2. The molecule has 1 aliphatic heterocycles. The zero-order valence-corrected chi connectivity index (χ0v) is 14.7. The monoisotopic (exact) mass is 347 g/mol. The molecule has 0 spiro atoms. The van der Waals surface area contributed by atoms with E-state index in [1.165, 1.54) is 11.1 Å². The lowest BCUT2D eigenvalue weighted by molar-refractivity contribution is 0.0644. The van der Waals surface area contributed by atoms with E-state index in [-0.39, 0.29) is 17.5 Å². The summed E-state index contributed by atoms with van der Waals surface area (Å²) >= 11 is 0. The van der Waals surface area contributed by atoms with Gasteiger partial charge in [0.05, 0.1) is 11.4 Å². The molecule has 0 radical (unpaired) electrons. The van der Waals surface area contributed by atoms with Crippen molar-refractivity contribution in [3.8, 4) is 0 Å². The Bertz CT molecular complexity index is 1020. The number of amides is 1. The quantitative estimate of drug-likeness (QED) is 0.789. The number of hydrogen-bond acceptors (Lipinski definition) is 3. The molecule has 1 aromatic heterocycles. The molecule has 0 saturated carbocycles. The first kappa shape index (κ1) is 16.5. The Balaban J connectivity index is 1.79. The van der Waals surface area contributed by atoms with E-state index in [4.69, 9.17) is 0 Å². The highest BCUT2D eigenvalue weighted by molar-refractivity contribution is 6.04. The molecule has 0 unspecified atom stereocenters. The lowest BCUT2D eigenvalue weighted by Gasteiger charge is -2.37. The molecule has 0 bridgehead atoms. The number of carbonyl (C=O) groups is 1. The summed E-state index contributed by atoms with van der Waals surface area (Å²) in [5.41, 5.74) is 2.59. The molecule has 1 aliphatic rings. The van der Waals surface area contributed by atoms with Gasteiger partial charge in [-0.3, -0.25) is 9.59 Å². The molecule has 5 heteroatoms. The average Bonchev–Trinajstić information content (AvgIpc) is 2.68. The maximum absolute atomic E-state index is 13.4. The number of nitrogens with one attached hydrogen (secondary N) is 1. The number of hydrogen-bond donors (Lipinski definition) is 1. The lowest BCUT2D eigenvalue weighted by Crippen LogP contribution is -2.40. The van der Waals surface area contributed by atoms with Gasteiger partial charge >= 0.3 is 0 Å². The maximum atomic E-state index is 13.4. The number of carbonyl (C=O) groups excluding carboxylic acids is 1. The van der Waals surface area contributed by atoms with Crippen molar-refractivity contribution in [1.29, 1.82) is 0 Å². The van der Waals surface area contributed by atoms with Crippen LogP contribution in [0.2, 0.25) is 0 Å². The maximum Gasteiger partial charge on any atom is 0.275 e. The van der Waals surface area contributed by atoms with Crippen molar-refractivity contribution in [2.45, 2.75) is 32.2 Å². The fourth-order valence-corrected chi connectivity index (χ4v) is 3.89. The zero-order chi connectivity index (χ0) is 18.1. The smallest absolute Gasteiger partial charge is 0.275 e. The van der Waals surface area contributed by atoms with Crippen molar-refractivity contribution >= 4 is 16.7 Å². The zero-order valence-electron chi connectivity index (χ0n) is 14.7. The second-order valence-electron chi connectivity index (χ2n) is 6.70. The third kappa shape index (κ3) is 2.69. The van der Waals surface area contributed by atoms with Crippen LogP contribution >= 0.6 is 0 Å². The van der Waals surface area contributed by atoms with E-state index >= 15 is 0 Å². The highest BCUT2D eigenvalue weighted by atomic mass is 16.2. The largest absolute Gasteiger partial charge is 0.330 e. The molecule has 0 aliphatic carbocycles. The van der Waals surface area contributed by atoms with Crippen LogP contribution in [0.25, 0.3) is 10.8 Å². The number of benzene rings is 2. The molecule has 1 N–H and O–H groups in total. The summed E-state index contributed by atoms with van der Waals surface area (Å²) in [6.07, 6.45) is 2.73. The third-order valence-corrected chi connectivity index (χ3v) is 5.13. The van der Waals surface area contributed by atoms with Gasteiger partial charge in [-0.05, 0) is 30.0 Å². The van der Waals surface area contributed by atoms with Crippen LogP contribution in [0.5, 0.6) is 0 Å². The minimum Gasteiger partial charge on any atom is -0.330 e. The van der Waals surface area contributed by atoms with Gasteiger partial charge in [0.2, 0.25) is 0 Å². The molecule has 0 fully saturated rings. The van der Waals surface area contributed by atoms with Crippen molar-refractivity contribution in [2.75, 3.05) is 6.54 Å². The number of rotatable bonds is 3. The van der Waals surface area contributed by atoms with E-state index < -0.39 is 0 Å². The summed E-state index contributed by atoms with van der Waals surface area (Å²) in [5, 5.41) is 7.68. The van der Waals surface area contributed by atoms with Crippen LogP contribution in [0, 0.1) is 0 Å². The Kier molecular flexibility index (Phi) is 4.29. The molecule has 5 nitrogen and oxygen atoms in total. The van der Waals surface area contributed by atoms with E-state index in [2.05, 4.69) is 35.3 Å². The van der Waals surface area contributed by atoms with Gasteiger partial charge in [-0.2, -0.15) is 5.10 Å². The van der Waals surface area contributed by atoms with Gasteiger partial charge in [0, 0.05) is 11.9 Å². The van der Waals surface area contributed by atoms with Gasteiger partial charge < -0.3 is 4.90 Å². The van der Waals surface area contributed by atoms with Crippen molar-refractivity contribution in [3.05, 3.63) is 75.7 Å². The predicted octanol–water partition coefficient (Wildman–Crippen LogP) is 3.46. The molecule has 2 heterocycles. The van der Waals surface area contributed by atoms with Crippen LogP contribution in [0.1, 0.15) is 47.4 Å². The van der Waals surface area contributed by atoms with Crippen LogP contribution in [0.4, 0.5) is 0 Å². The topological polar surface area (TPSA) is 66.1 Å². The highest BCUT2D eigenvalue weighted by Crippen LogP contribution is 2.34. The SMILES string of the molecule is CCC[C@H]1c2ccccc2CCN1C(=O)c1n[nH]c(=O)c2ccccc12. The summed E-state index contributed by atoms with van der Waals surface area (Å²) in [6, 6.07) is 15.5. The molecule has 0 saturated heterocycles. The lowest BCUT2D eigenvalue weighted by atomic mass is 9.89. The fraction of sp³-hybridized carbons (Fsp3) is 0.286. The highest BCUT2D eigenvalue weighted by Gasteiger charge is 2.32. The standard InChI is InChI=1S/C21H21N3O2/c1-2-7-18-15-9-4-3-8-14(15)12-13-24(18)21(26)19-16-10-5-6-11-17(16)20(25)23-22-19/h3-6,8-11,18H,2,7,12-13H2,1H3,(H,23,25)/t18-/m0/s1. The van der Waals surface area contributed by atoms with Gasteiger partial charge in [-0.1, -0.05) is 55.8 Å². The average molecular weight is 347 g/mol. The Hall–Kier alpha value is -2.95. The Morgan fingerprint density at radius 3 is 2.69 bits per heavy atom. The van der Waals surface area contributed by atoms with Crippen molar-refractivity contribution in [3.63, 3.8) is 0 Å². The molecule has 132 valence electrons. The molecular formula is C21H21N3O2. The molecule has 4 rings (SSSR count). The second-order valence-corrected chi connectivity index (χ2v) is 6.70. The summed E-state index contributed by atoms with van der Waals surface area (Å²) in [6.45, 7) is 2.79. The molecule has 1 atom stereocenters. The third-order valence-electron chi connectivity index (χ3n) is 5.13. The molecule has 2 aromatic carbocycles. The van der Waals surface area contributed by atoms with E-state index in [9.17, 15) is 9.59 Å². The Labute approximate surface area is 151 Å². The first-order valence-corrected chi connectivity index (χ1v) is 9.07. The van der Waals surface area contributed by atoms with E-state index in [1.807, 2.05) is 17.0 Å². The van der Waals surface area contributed by atoms with Crippen molar-refractivity contribution in [1.82, 2.24) is 15.1 Å². The molecule has 3 aromatic rings. The van der Waals surface area contributed by atoms with Crippen molar-refractivity contribution < 1.29 is 4.79 Å². The van der Waals surface area contributed by atoms with E-state index in [0.29, 0.717) is 23.0 Å². The number of aromatic amines is 1. The molecule has 1 amide bonds. The first-order chi connectivity index (χ1) is 12.7. The van der Waals surface area contributed by atoms with Gasteiger partial charge in [0.1, 0.15) is 0 Å². The summed E-state index contributed by atoms with van der Waals surface area (Å²) in [4.78, 5) is 27.3. The van der Waals surface area contributed by atoms with Gasteiger partial charge in [0.25, 0.3) is 11.5 Å². The van der Waals surface area contributed by atoms with Crippen LogP contribution in [-0.4, -0.2) is 27.5 Å². The van der Waals surface area contributed by atoms with Crippen LogP contribution in [0.15, 0.2) is 53.3 Å². The Morgan fingerprint density at radius 2 is 1.88 bits per heavy atom. The van der Waals surface area contributed by atoms with Crippen LogP contribution in [-0.2, 0) is 6.42 Å². The minimum atomic E-state index is -0.272. The molecule has 26 heavy (non-hydrogen) atoms. The summed E-state index contributed by atoms with van der Waals surface area (Å²) in [7, 11) is 0. The molecular weight excluding hydrogens is 326 g/mol. The van der Waals surface area contributed by atoms with Gasteiger partial charge in [-0.15, -0.1) is 0 Å². The number of nitrogens with zero attached hydrogens (tertiary/aromatic N) is 2. The van der Waals surface area contributed by atoms with E-state index in [1.54, 1.807) is 18.2 Å². The van der Waals surface area contributed by atoms with Crippen LogP contribution in [0.3, 0.4) is 0 Å². The number of H-pyrrole nitrogens is 1. The predicted molar refractivity (Wildman–Crippen MR) is 101 cm³/mol. The second kappa shape index (κ2) is 6.75. The van der Waals surface area contributed by atoms with Gasteiger partial charge in [0.15, 0.2) is 5.69 Å². The van der Waals surface area contributed by atoms with E-state index in [0.717, 1.165) is 19.3 Å². The van der Waals surface area contributed by atoms with Crippen molar-refractivity contribution in [2.24, 2.45) is 0 Å². The summed E-state index contributed by atoms with van der Waals surface area (Å²) < 4.78 is 0. The van der Waals surface area contributed by atoms with Crippen LogP contribution < -0.4 is 5.56 Å².